The molecule has 0 aliphatic carbocycles. The summed E-state index contributed by atoms with van der Waals surface area (Å²) in [5.74, 6) is -0.540. The van der Waals surface area contributed by atoms with Gasteiger partial charge in [-0.2, -0.15) is 0 Å². The van der Waals surface area contributed by atoms with Crippen LogP contribution in [-0.4, -0.2) is 39.4 Å². The highest BCUT2D eigenvalue weighted by Crippen LogP contribution is 2.14. The molecular weight excluding hydrogens is 284 g/mol. The maximum atomic E-state index is 11.9. The molecule has 1 aliphatic heterocycles. The van der Waals surface area contributed by atoms with Gasteiger partial charge in [0.05, 0.1) is 11.4 Å². The zero-order valence-corrected chi connectivity index (χ0v) is 11.2. The average Bonchev–Trinajstić information content (AvgIpc) is 2.38. The van der Waals surface area contributed by atoms with Gasteiger partial charge in [-0.1, -0.05) is 6.07 Å². The number of hydrogen-bond donors (Lipinski definition) is 4. The molecule has 0 bridgehead atoms. The minimum Gasteiger partial charge on any atom is -0.353 e. The number of amides is 2. The minimum absolute atomic E-state index is 0.0648. The molecular formula is C11H14N4O4S. The minimum atomic E-state index is -3.82. The zero-order valence-electron chi connectivity index (χ0n) is 10.4. The van der Waals surface area contributed by atoms with Gasteiger partial charge in [0.1, 0.15) is 6.04 Å². The molecule has 1 aliphatic rings. The van der Waals surface area contributed by atoms with Crippen LogP contribution in [0.25, 0.3) is 0 Å². The summed E-state index contributed by atoms with van der Waals surface area (Å²) in [6, 6.07) is 5.07. The first-order valence-electron chi connectivity index (χ1n) is 5.80. The number of nitrogens with two attached hydrogens (primary N) is 1. The quantitative estimate of drug-likeness (QED) is 0.532. The summed E-state index contributed by atoms with van der Waals surface area (Å²) in [7, 11) is -3.82. The first-order chi connectivity index (χ1) is 9.36. The third-order valence-corrected chi connectivity index (χ3v) is 3.67. The number of piperazine rings is 1. The van der Waals surface area contributed by atoms with Crippen LogP contribution >= 0.6 is 0 Å². The highest BCUT2D eigenvalue weighted by atomic mass is 32.2. The molecule has 0 aromatic heterocycles. The van der Waals surface area contributed by atoms with Crippen molar-refractivity contribution in [2.75, 3.05) is 18.4 Å². The van der Waals surface area contributed by atoms with Gasteiger partial charge >= 0.3 is 0 Å². The van der Waals surface area contributed by atoms with Gasteiger partial charge in [-0.05, 0) is 18.2 Å². The van der Waals surface area contributed by atoms with Crippen molar-refractivity contribution in [2.24, 2.45) is 5.14 Å². The van der Waals surface area contributed by atoms with Crippen LogP contribution in [0.3, 0.4) is 0 Å². The van der Waals surface area contributed by atoms with Gasteiger partial charge in [0.15, 0.2) is 0 Å². The Balaban J connectivity index is 2.06. The number of anilines is 1. The molecule has 1 unspecified atom stereocenters. The van der Waals surface area contributed by atoms with Gasteiger partial charge in [-0.3, -0.25) is 14.9 Å². The first kappa shape index (κ1) is 14.4. The molecule has 1 aromatic rings. The van der Waals surface area contributed by atoms with Crippen LogP contribution in [0.5, 0.6) is 0 Å². The molecule has 1 aromatic carbocycles. The molecule has 1 saturated heterocycles. The number of nitrogens with one attached hydrogen (secondary N) is 3. The largest absolute Gasteiger partial charge is 0.353 e. The van der Waals surface area contributed by atoms with Crippen molar-refractivity contribution in [1.82, 2.24) is 10.6 Å². The van der Waals surface area contributed by atoms with E-state index in [-0.39, 0.29) is 29.8 Å². The van der Waals surface area contributed by atoms with Crippen molar-refractivity contribution in [3.05, 3.63) is 24.3 Å². The average molecular weight is 298 g/mol. The third kappa shape index (κ3) is 3.53. The Morgan fingerprint density at radius 2 is 2.15 bits per heavy atom. The molecule has 108 valence electrons. The van der Waals surface area contributed by atoms with Gasteiger partial charge in [0, 0.05) is 12.2 Å². The van der Waals surface area contributed by atoms with Gasteiger partial charge in [0.25, 0.3) is 0 Å². The summed E-state index contributed by atoms with van der Waals surface area (Å²) < 4.78 is 22.4. The molecule has 2 rings (SSSR count). The summed E-state index contributed by atoms with van der Waals surface area (Å²) in [6.07, 6.45) is 0. The van der Waals surface area contributed by atoms with Gasteiger partial charge in [-0.25, -0.2) is 13.6 Å². The van der Waals surface area contributed by atoms with Crippen LogP contribution in [0, 0.1) is 0 Å². The fourth-order valence-corrected chi connectivity index (χ4v) is 2.29. The van der Waals surface area contributed by atoms with E-state index < -0.39 is 16.1 Å². The van der Waals surface area contributed by atoms with Crippen molar-refractivity contribution in [3.63, 3.8) is 0 Å². The van der Waals surface area contributed by atoms with Gasteiger partial charge in [0.2, 0.25) is 21.8 Å². The Hall–Kier alpha value is -1.97. The fourth-order valence-electron chi connectivity index (χ4n) is 1.73. The maximum absolute atomic E-state index is 11.9. The summed E-state index contributed by atoms with van der Waals surface area (Å²) in [5.41, 5.74) is 0.320. The van der Waals surface area contributed by atoms with E-state index in [4.69, 9.17) is 5.14 Å². The van der Waals surface area contributed by atoms with E-state index in [1.54, 1.807) is 6.07 Å². The normalized spacial score (nSPS) is 19.2. The van der Waals surface area contributed by atoms with E-state index in [0.717, 1.165) is 0 Å². The van der Waals surface area contributed by atoms with Crippen molar-refractivity contribution >= 4 is 27.5 Å². The predicted octanol–water partition coefficient (Wildman–Crippen LogP) is -1.64. The van der Waals surface area contributed by atoms with Crippen molar-refractivity contribution in [3.8, 4) is 0 Å². The molecule has 5 N–H and O–H groups in total. The smallest absolute Gasteiger partial charge is 0.243 e. The van der Waals surface area contributed by atoms with E-state index in [1.165, 1.54) is 18.2 Å². The molecule has 0 radical (unpaired) electrons. The van der Waals surface area contributed by atoms with E-state index in [9.17, 15) is 18.0 Å². The topological polar surface area (TPSA) is 130 Å². The monoisotopic (exact) mass is 298 g/mol. The molecule has 0 spiro atoms. The Bertz CT molecular complexity index is 634. The zero-order chi connectivity index (χ0) is 14.8. The summed E-state index contributed by atoms with van der Waals surface area (Å²) in [5, 5.41) is 12.9. The van der Waals surface area contributed by atoms with E-state index in [1.807, 2.05) is 0 Å². The van der Waals surface area contributed by atoms with Crippen molar-refractivity contribution < 1.29 is 18.0 Å². The Morgan fingerprint density at radius 1 is 1.40 bits per heavy atom. The summed E-state index contributed by atoms with van der Waals surface area (Å²) >= 11 is 0. The van der Waals surface area contributed by atoms with Crippen LogP contribution < -0.4 is 21.1 Å². The molecule has 20 heavy (non-hydrogen) atoms. The van der Waals surface area contributed by atoms with Crippen LogP contribution in [-0.2, 0) is 19.6 Å². The lowest BCUT2D eigenvalue weighted by molar-refractivity contribution is -0.124. The molecule has 1 fully saturated rings. The second-order valence-electron chi connectivity index (χ2n) is 4.30. The number of hydrogen-bond acceptors (Lipinski definition) is 5. The molecule has 8 nitrogen and oxygen atoms in total. The van der Waals surface area contributed by atoms with Gasteiger partial charge < -0.3 is 10.6 Å². The number of rotatable bonds is 3. The van der Waals surface area contributed by atoms with E-state index >= 15 is 0 Å². The standard InChI is InChI=1S/C11H14N4O4S/c12-20(18,19)8-3-1-2-7(4-8)15-11(17)9-5-14-10(16)6-13-9/h1-4,9,13H,5-6H2,(H,14,16)(H,15,17)(H2,12,18,19). The highest BCUT2D eigenvalue weighted by Gasteiger charge is 2.23. The molecule has 9 heteroatoms. The van der Waals surface area contributed by atoms with E-state index in [0.29, 0.717) is 5.69 Å². The van der Waals surface area contributed by atoms with Crippen LogP contribution in [0.2, 0.25) is 0 Å². The Labute approximate surface area is 115 Å². The molecule has 1 atom stereocenters. The number of primary sulfonamides is 1. The second-order valence-corrected chi connectivity index (χ2v) is 5.86. The van der Waals surface area contributed by atoms with Crippen molar-refractivity contribution in [1.29, 1.82) is 0 Å². The van der Waals surface area contributed by atoms with Crippen molar-refractivity contribution in [2.45, 2.75) is 10.9 Å². The summed E-state index contributed by atoms with van der Waals surface area (Å²) in [6.45, 7) is 0.245. The Morgan fingerprint density at radius 3 is 2.75 bits per heavy atom. The van der Waals surface area contributed by atoms with Crippen LogP contribution in [0.1, 0.15) is 0 Å². The number of sulfonamides is 1. The molecule has 1 heterocycles. The number of benzene rings is 1. The van der Waals surface area contributed by atoms with Crippen LogP contribution in [0.15, 0.2) is 29.2 Å². The first-order valence-corrected chi connectivity index (χ1v) is 7.35. The van der Waals surface area contributed by atoms with Gasteiger partial charge in [-0.15, -0.1) is 0 Å². The predicted molar refractivity (Wildman–Crippen MR) is 71.2 cm³/mol. The maximum Gasteiger partial charge on any atom is 0.243 e. The Kier molecular flexibility index (Phi) is 4.02. The molecule has 2 amide bonds. The fraction of sp³-hybridized carbons (Fsp3) is 0.273. The van der Waals surface area contributed by atoms with E-state index in [2.05, 4.69) is 16.0 Å². The van der Waals surface area contributed by atoms with Crippen LogP contribution in [0.4, 0.5) is 5.69 Å². The second kappa shape index (κ2) is 5.57. The lowest BCUT2D eigenvalue weighted by Crippen LogP contribution is -2.56. The third-order valence-electron chi connectivity index (χ3n) is 2.76. The lowest BCUT2D eigenvalue weighted by Gasteiger charge is -2.23. The highest BCUT2D eigenvalue weighted by molar-refractivity contribution is 7.89. The SMILES string of the molecule is NS(=O)(=O)c1cccc(NC(=O)C2CNC(=O)CN2)c1. The number of carbonyl (C=O) groups is 2. The molecule has 0 saturated carbocycles. The lowest BCUT2D eigenvalue weighted by atomic mass is 10.2. The summed E-state index contributed by atoms with van der Waals surface area (Å²) in [4.78, 5) is 22.8. The number of carbonyl (C=O) groups excluding carboxylic acids is 2.